The van der Waals surface area contributed by atoms with Crippen LogP contribution in [-0.2, 0) is 6.42 Å². The van der Waals surface area contributed by atoms with Crippen molar-refractivity contribution in [1.29, 1.82) is 0 Å². The quantitative estimate of drug-likeness (QED) is 0.721. The number of aryl methyl sites for hydroxylation is 2. The van der Waals surface area contributed by atoms with Crippen molar-refractivity contribution in [3.05, 3.63) is 41.3 Å². The molecule has 0 radical (unpaired) electrons. The zero-order valence-electron chi connectivity index (χ0n) is 14.4. The van der Waals surface area contributed by atoms with Gasteiger partial charge in [-0.3, -0.25) is 4.79 Å². The largest absolute Gasteiger partial charge is 0.351 e. The molecule has 0 bridgehead atoms. The van der Waals surface area contributed by atoms with Gasteiger partial charge in [0.2, 0.25) is 5.76 Å². The van der Waals surface area contributed by atoms with Crippen molar-refractivity contribution in [3.63, 3.8) is 0 Å². The van der Waals surface area contributed by atoms with Crippen molar-refractivity contribution < 1.29 is 9.32 Å². The van der Waals surface area contributed by atoms with Gasteiger partial charge in [0.15, 0.2) is 5.13 Å². The number of anilines is 1. The molecule has 2 aromatic heterocycles. The molecule has 1 aromatic carbocycles. The van der Waals surface area contributed by atoms with Crippen molar-refractivity contribution in [1.82, 2.24) is 15.0 Å². The van der Waals surface area contributed by atoms with Crippen LogP contribution in [0.4, 0.5) is 5.13 Å². The number of thiazole rings is 1. The number of carbonyl (C=O) groups excluding carboxylic acids is 1. The molecular formula is C18H20N4O2S. The molecule has 1 saturated heterocycles. The van der Waals surface area contributed by atoms with Crippen LogP contribution in [0.15, 0.2) is 28.8 Å². The van der Waals surface area contributed by atoms with E-state index in [1.807, 2.05) is 11.8 Å². The summed E-state index contributed by atoms with van der Waals surface area (Å²) >= 11 is 1.73. The van der Waals surface area contributed by atoms with Crippen LogP contribution in [0.1, 0.15) is 28.7 Å². The Morgan fingerprint density at radius 1 is 1.24 bits per heavy atom. The third-order valence-electron chi connectivity index (χ3n) is 4.53. The molecule has 0 spiro atoms. The zero-order valence-corrected chi connectivity index (χ0v) is 15.2. The molecule has 0 atom stereocenters. The number of hydrogen-bond acceptors (Lipinski definition) is 6. The minimum absolute atomic E-state index is 0.0860. The first kappa shape index (κ1) is 16.1. The lowest BCUT2D eigenvalue weighted by atomic mass is 10.2. The van der Waals surface area contributed by atoms with Crippen LogP contribution in [0.2, 0.25) is 0 Å². The Balaban J connectivity index is 1.45. The smallest absolute Gasteiger partial charge is 0.292 e. The summed E-state index contributed by atoms with van der Waals surface area (Å²) in [6.45, 7) is 6.85. The van der Waals surface area contributed by atoms with Crippen molar-refractivity contribution in [2.45, 2.75) is 20.3 Å². The zero-order chi connectivity index (χ0) is 17.4. The fourth-order valence-electron chi connectivity index (χ4n) is 3.03. The van der Waals surface area contributed by atoms with E-state index in [4.69, 9.17) is 9.51 Å². The Bertz CT molecular complexity index is 909. The number of hydrogen-bond donors (Lipinski definition) is 0. The van der Waals surface area contributed by atoms with Crippen LogP contribution in [-0.4, -0.2) is 47.1 Å². The highest BCUT2D eigenvalue weighted by Crippen LogP contribution is 2.30. The Labute approximate surface area is 150 Å². The van der Waals surface area contributed by atoms with Gasteiger partial charge in [0, 0.05) is 32.2 Å². The summed E-state index contributed by atoms with van der Waals surface area (Å²) < 4.78 is 6.31. The maximum absolute atomic E-state index is 12.4. The molecule has 0 aliphatic carbocycles. The van der Waals surface area contributed by atoms with Crippen molar-refractivity contribution >= 4 is 32.6 Å². The fourth-order valence-corrected chi connectivity index (χ4v) is 4.11. The molecule has 130 valence electrons. The van der Waals surface area contributed by atoms with Crippen molar-refractivity contribution in [3.8, 4) is 0 Å². The number of fused-ring (bicyclic) bond motifs is 1. The molecule has 1 amide bonds. The van der Waals surface area contributed by atoms with Gasteiger partial charge in [0.25, 0.3) is 5.91 Å². The van der Waals surface area contributed by atoms with Crippen LogP contribution in [0.3, 0.4) is 0 Å². The second-order valence-corrected chi connectivity index (χ2v) is 7.27. The fraction of sp³-hybridized carbons (Fsp3) is 0.389. The number of amides is 1. The monoisotopic (exact) mass is 356 g/mol. The van der Waals surface area contributed by atoms with E-state index in [1.54, 1.807) is 17.4 Å². The maximum atomic E-state index is 12.4. The summed E-state index contributed by atoms with van der Waals surface area (Å²) in [5.41, 5.74) is 3.11. The standard InChI is InChI=1S/C18H20N4O2S/c1-3-13-4-5-14-16(11-13)25-18(19-14)22-8-6-21(7-9-22)17(23)15-10-12(2)20-24-15/h4-5,10-11H,3,6-9H2,1-2H3. The summed E-state index contributed by atoms with van der Waals surface area (Å²) in [6, 6.07) is 8.15. The van der Waals surface area contributed by atoms with Crippen LogP contribution in [0.25, 0.3) is 10.2 Å². The van der Waals surface area contributed by atoms with Gasteiger partial charge in [-0.15, -0.1) is 0 Å². The first-order valence-electron chi connectivity index (χ1n) is 8.51. The molecular weight excluding hydrogens is 336 g/mol. The Hall–Kier alpha value is -2.41. The third-order valence-corrected chi connectivity index (χ3v) is 5.60. The lowest BCUT2D eigenvalue weighted by Crippen LogP contribution is -2.48. The topological polar surface area (TPSA) is 62.5 Å². The summed E-state index contributed by atoms with van der Waals surface area (Å²) in [6.07, 6.45) is 1.03. The SMILES string of the molecule is CCc1ccc2nc(N3CCN(C(=O)c4cc(C)no4)CC3)sc2c1. The molecule has 0 N–H and O–H groups in total. The molecule has 1 aliphatic rings. The lowest BCUT2D eigenvalue weighted by molar-refractivity contribution is 0.0704. The molecule has 3 heterocycles. The van der Waals surface area contributed by atoms with E-state index in [9.17, 15) is 4.79 Å². The van der Waals surface area contributed by atoms with Crippen molar-refractivity contribution in [2.24, 2.45) is 0 Å². The average Bonchev–Trinajstić information content (AvgIpc) is 3.26. The van der Waals surface area contributed by atoms with Gasteiger partial charge < -0.3 is 14.3 Å². The first-order valence-corrected chi connectivity index (χ1v) is 9.32. The van der Waals surface area contributed by atoms with E-state index in [0.29, 0.717) is 18.8 Å². The lowest BCUT2D eigenvalue weighted by Gasteiger charge is -2.33. The van der Waals surface area contributed by atoms with Gasteiger partial charge in [-0.2, -0.15) is 0 Å². The Morgan fingerprint density at radius 2 is 2.04 bits per heavy atom. The predicted octanol–water partition coefficient (Wildman–Crippen LogP) is 3.12. The van der Waals surface area contributed by atoms with Gasteiger partial charge >= 0.3 is 0 Å². The number of carbonyl (C=O) groups is 1. The van der Waals surface area contributed by atoms with E-state index in [-0.39, 0.29) is 5.91 Å². The highest BCUT2D eigenvalue weighted by atomic mass is 32.1. The molecule has 1 fully saturated rings. The number of rotatable bonds is 3. The van der Waals surface area contributed by atoms with Gasteiger partial charge in [-0.05, 0) is 31.0 Å². The second kappa shape index (κ2) is 6.48. The molecule has 7 heteroatoms. The van der Waals surface area contributed by atoms with E-state index in [1.165, 1.54) is 10.3 Å². The predicted molar refractivity (Wildman–Crippen MR) is 98.4 cm³/mol. The van der Waals surface area contributed by atoms with Crippen molar-refractivity contribution in [2.75, 3.05) is 31.1 Å². The number of aromatic nitrogens is 2. The molecule has 4 rings (SSSR count). The summed E-state index contributed by atoms with van der Waals surface area (Å²) in [5, 5.41) is 4.83. The number of nitrogens with zero attached hydrogens (tertiary/aromatic N) is 4. The first-order chi connectivity index (χ1) is 12.1. The van der Waals surface area contributed by atoms with E-state index < -0.39 is 0 Å². The third kappa shape index (κ3) is 3.11. The van der Waals surface area contributed by atoms with Crippen LogP contribution < -0.4 is 4.90 Å². The number of piperazine rings is 1. The Kier molecular flexibility index (Phi) is 4.17. The summed E-state index contributed by atoms with van der Waals surface area (Å²) in [5.74, 6) is 0.232. The van der Waals surface area contributed by atoms with Gasteiger partial charge in [-0.25, -0.2) is 4.98 Å². The van der Waals surface area contributed by atoms with E-state index in [0.717, 1.165) is 35.9 Å². The van der Waals surface area contributed by atoms with E-state index >= 15 is 0 Å². The molecule has 3 aromatic rings. The minimum atomic E-state index is -0.0860. The molecule has 0 unspecified atom stereocenters. The molecule has 0 saturated carbocycles. The maximum Gasteiger partial charge on any atom is 0.292 e. The van der Waals surface area contributed by atoms with Crippen LogP contribution >= 0.6 is 11.3 Å². The average molecular weight is 356 g/mol. The van der Waals surface area contributed by atoms with Gasteiger partial charge in [-0.1, -0.05) is 29.5 Å². The van der Waals surface area contributed by atoms with E-state index in [2.05, 4.69) is 35.2 Å². The molecule has 6 nitrogen and oxygen atoms in total. The highest BCUT2D eigenvalue weighted by molar-refractivity contribution is 7.22. The van der Waals surface area contributed by atoms with Crippen LogP contribution in [0.5, 0.6) is 0 Å². The highest BCUT2D eigenvalue weighted by Gasteiger charge is 2.26. The normalized spacial score (nSPS) is 15.1. The minimum Gasteiger partial charge on any atom is -0.351 e. The molecule has 1 aliphatic heterocycles. The van der Waals surface area contributed by atoms with Gasteiger partial charge in [0.1, 0.15) is 0 Å². The summed E-state index contributed by atoms with van der Waals surface area (Å²) in [7, 11) is 0. The number of benzene rings is 1. The second-order valence-electron chi connectivity index (χ2n) is 6.26. The summed E-state index contributed by atoms with van der Waals surface area (Å²) in [4.78, 5) is 21.3. The van der Waals surface area contributed by atoms with Crippen LogP contribution in [0, 0.1) is 6.92 Å². The molecule has 25 heavy (non-hydrogen) atoms. The Morgan fingerprint density at radius 3 is 2.72 bits per heavy atom. The van der Waals surface area contributed by atoms with Gasteiger partial charge in [0.05, 0.1) is 15.9 Å².